The number of aromatic nitrogens is 2. The zero-order valence-electron chi connectivity index (χ0n) is 21.0. The Bertz CT molecular complexity index is 893. The van der Waals surface area contributed by atoms with Crippen LogP contribution in [-0.4, -0.2) is 76.4 Å². The second-order valence-electron chi connectivity index (χ2n) is 11.2. The van der Waals surface area contributed by atoms with Gasteiger partial charge >= 0.3 is 12.1 Å². The molecule has 9 nitrogen and oxygen atoms in total. The van der Waals surface area contributed by atoms with E-state index in [2.05, 4.69) is 18.9 Å². The standard InChI is InChI=1S/C24H38N4O5/c1-22(2,3)33-21(31)27-10-8-24(9-11-27,20(30)32-7)12-19(29)28-15-18(23(4,5)16-28)17-13-25-26(6)14-17/h13-14,18H,8-12,15-16H2,1-7H3. The van der Waals surface area contributed by atoms with Crippen LogP contribution in [0.25, 0.3) is 0 Å². The van der Waals surface area contributed by atoms with Crippen molar-refractivity contribution in [2.24, 2.45) is 17.9 Å². The van der Waals surface area contributed by atoms with Gasteiger partial charge in [0.2, 0.25) is 5.91 Å². The van der Waals surface area contributed by atoms with Crippen molar-refractivity contribution in [1.82, 2.24) is 19.6 Å². The summed E-state index contributed by atoms with van der Waals surface area (Å²) in [5, 5.41) is 4.29. The molecule has 2 saturated heterocycles. The molecule has 1 aromatic rings. The average Bonchev–Trinajstić information content (AvgIpc) is 3.28. The molecule has 9 heteroatoms. The molecule has 0 bridgehead atoms. The van der Waals surface area contributed by atoms with Crippen LogP contribution in [0.1, 0.15) is 65.4 Å². The first kappa shape index (κ1) is 25.1. The van der Waals surface area contributed by atoms with Crippen LogP contribution in [0.3, 0.4) is 0 Å². The van der Waals surface area contributed by atoms with E-state index < -0.39 is 17.1 Å². The lowest BCUT2D eigenvalue weighted by molar-refractivity contribution is -0.160. The van der Waals surface area contributed by atoms with Gasteiger partial charge < -0.3 is 19.3 Å². The van der Waals surface area contributed by atoms with Crippen LogP contribution in [0.15, 0.2) is 12.4 Å². The highest BCUT2D eigenvalue weighted by molar-refractivity contribution is 5.86. The molecule has 0 spiro atoms. The maximum Gasteiger partial charge on any atom is 0.410 e. The summed E-state index contributed by atoms with van der Waals surface area (Å²) in [4.78, 5) is 42.1. The minimum atomic E-state index is -0.930. The van der Waals surface area contributed by atoms with Crippen LogP contribution in [0, 0.1) is 10.8 Å². The predicted molar refractivity (Wildman–Crippen MR) is 122 cm³/mol. The fourth-order valence-electron chi connectivity index (χ4n) is 5.02. The van der Waals surface area contributed by atoms with Crippen LogP contribution in [0.4, 0.5) is 4.79 Å². The molecule has 3 heterocycles. The molecule has 1 atom stereocenters. The summed E-state index contributed by atoms with van der Waals surface area (Å²) in [5.41, 5.74) is -0.499. The first-order chi connectivity index (χ1) is 15.3. The Balaban J connectivity index is 1.69. The Morgan fingerprint density at radius 3 is 2.30 bits per heavy atom. The Morgan fingerprint density at radius 2 is 1.79 bits per heavy atom. The van der Waals surface area contributed by atoms with Crippen LogP contribution in [-0.2, 0) is 26.1 Å². The minimum absolute atomic E-state index is 0.0504. The molecule has 0 aliphatic carbocycles. The van der Waals surface area contributed by atoms with E-state index in [1.807, 2.05) is 45.1 Å². The Labute approximate surface area is 196 Å². The van der Waals surface area contributed by atoms with Crippen molar-refractivity contribution >= 4 is 18.0 Å². The number of nitrogens with zero attached hydrogens (tertiary/aromatic N) is 4. The van der Waals surface area contributed by atoms with Crippen LogP contribution in [0.5, 0.6) is 0 Å². The van der Waals surface area contributed by atoms with Crippen LogP contribution in [0.2, 0.25) is 0 Å². The molecule has 2 aliphatic rings. The van der Waals surface area contributed by atoms with E-state index in [1.165, 1.54) is 7.11 Å². The molecule has 0 saturated carbocycles. The van der Waals surface area contributed by atoms with E-state index >= 15 is 0 Å². The molecular weight excluding hydrogens is 424 g/mol. The number of hydrogen-bond acceptors (Lipinski definition) is 6. The molecule has 33 heavy (non-hydrogen) atoms. The number of ether oxygens (including phenoxy) is 2. The van der Waals surface area contributed by atoms with Gasteiger partial charge in [0.15, 0.2) is 0 Å². The molecule has 0 N–H and O–H groups in total. The van der Waals surface area contributed by atoms with E-state index in [9.17, 15) is 14.4 Å². The van der Waals surface area contributed by atoms with Gasteiger partial charge in [0, 0.05) is 51.8 Å². The monoisotopic (exact) mass is 462 g/mol. The number of carbonyl (C=O) groups excluding carboxylic acids is 3. The lowest BCUT2D eigenvalue weighted by Gasteiger charge is -2.40. The molecule has 3 rings (SSSR count). The first-order valence-electron chi connectivity index (χ1n) is 11.6. The topological polar surface area (TPSA) is 94.0 Å². The van der Waals surface area contributed by atoms with Gasteiger partial charge in [-0.05, 0) is 44.6 Å². The zero-order valence-corrected chi connectivity index (χ0v) is 21.0. The minimum Gasteiger partial charge on any atom is -0.469 e. The van der Waals surface area contributed by atoms with Crippen LogP contribution >= 0.6 is 0 Å². The van der Waals surface area contributed by atoms with E-state index in [0.717, 1.165) is 5.56 Å². The first-order valence-corrected chi connectivity index (χ1v) is 11.6. The predicted octanol–water partition coefficient (Wildman–Crippen LogP) is 2.95. The second-order valence-corrected chi connectivity index (χ2v) is 11.2. The summed E-state index contributed by atoms with van der Waals surface area (Å²) in [6.45, 7) is 11.7. The third kappa shape index (κ3) is 5.50. The maximum atomic E-state index is 13.4. The summed E-state index contributed by atoms with van der Waals surface area (Å²) in [6.07, 6.45) is 4.29. The molecular formula is C24H38N4O5. The lowest BCUT2D eigenvalue weighted by Crippen LogP contribution is -2.50. The summed E-state index contributed by atoms with van der Waals surface area (Å²) in [7, 11) is 3.24. The summed E-state index contributed by atoms with van der Waals surface area (Å²) in [5.74, 6) is -0.259. The molecule has 2 amide bonds. The second kappa shape index (κ2) is 8.99. The smallest absolute Gasteiger partial charge is 0.410 e. The molecule has 0 aromatic carbocycles. The van der Waals surface area contributed by atoms with Crippen molar-refractivity contribution in [3.8, 4) is 0 Å². The lowest BCUT2D eigenvalue weighted by atomic mass is 9.75. The van der Waals surface area contributed by atoms with Gasteiger partial charge in [0.1, 0.15) is 5.60 Å². The number of carbonyl (C=O) groups is 3. The third-order valence-electron chi connectivity index (χ3n) is 6.90. The van der Waals surface area contributed by atoms with Crippen molar-refractivity contribution in [2.75, 3.05) is 33.3 Å². The molecule has 184 valence electrons. The van der Waals surface area contributed by atoms with Crippen molar-refractivity contribution in [3.63, 3.8) is 0 Å². The zero-order chi connectivity index (χ0) is 24.6. The van der Waals surface area contributed by atoms with E-state index in [-0.39, 0.29) is 29.6 Å². The van der Waals surface area contributed by atoms with Gasteiger partial charge in [-0.15, -0.1) is 0 Å². The van der Waals surface area contributed by atoms with Crippen molar-refractivity contribution in [3.05, 3.63) is 18.0 Å². The molecule has 2 aliphatic heterocycles. The van der Waals surface area contributed by atoms with E-state index in [0.29, 0.717) is 39.0 Å². The van der Waals surface area contributed by atoms with Gasteiger partial charge in [-0.2, -0.15) is 5.10 Å². The van der Waals surface area contributed by atoms with Gasteiger partial charge in [-0.25, -0.2) is 4.79 Å². The van der Waals surface area contributed by atoms with Gasteiger partial charge in [0.05, 0.1) is 18.7 Å². The van der Waals surface area contributed by atoms with Gasteiger partial charge in [0.25, 0.3) is 0 Å². The number of piperidine rings is 1. The molecule has 0 radical (unpaired) electrons. The third-order valence-corrected chi connectivity index (χ3v) is 6.90. The van der Waals surface area contributed by atoms with E-state index in [1.54, 1.807) is 9.58 Å². The number of methoxy groups -OCH3 is 1. The van der Waals surface area contributed by atoms with Crippen LogP contribution < -0.4 is 0 Å². The maximum absolute atomic E-state index is 13.4. The largest absolute Gasteiger partial charge is 0.469 e. The molecule has 1 aromatic heterocycles. The number of esters is 1. The van der Waals surface area contributed by atoms with Gasteiger partial charge in [-0.1, -0.05) is 13.8 Å². The molecule has 1 unspecified atom stereocenters. The average molecular weight is 463 g/mol. The normalized spacial score (nSPS) is 22.2. The Hall–Kier alpha value is -2.58. The molecule has 2 fully saturated rings. The summed E-state index contributed by atoms with van der Waals surface area (Å²) >= 11 is 0. The summed E-state index contributed by atoms with van der Waals surface area (Å²) < 4.78 is 12.4. The van der Waals surface area contributed by atoms with Gasteiger partial charge in [-0.3, -0.25) is 14.3 Å². The number of likely N-dealkylation sites (tertiary alicyclic amines) is 2. The Kier molecular flexibility index (Phi) is 6.82. The fourth-order valence-corrected chi connectivity index (χ4v) is 5.02. The highest BCUT2D eigenvalue weighted by Gasteiger charge is 2.48. The van der Waals surface area contributed by atoms with Crippen molar-refractivity contribution in [1.29, 1.82) is 0 Å². The highest BCUT2D eigenvalue weighted by atomic mass is 16.6. The van der Waals surface area contributed by atoms with Crippen molar-refractivity contribution in [2.45, 2.75) is 65.4 Å². The SMILES string of the molecule is COC(=O)C1(CC(=O)N2CC(c3cnn(C)c3)C(C)(C)C2)CCN(C(=O)OC(C)(C)C)CC1. The quantitative estimate of drug-likeness (QED) is 0.639. The van der Waals surface area contributed by atoms with E-state index in [4.69, 9.17) is 9.47 Å². The number of hydrogen-bond donors (Lipinski definition) is 0. The van der Waals surface area contributed by atoms with Crippen molar-refractivity contribution < 1.29 is 23.9 Å². The number of aryl methyl sites for hydroxylation is 1. The Morgan fingerprint density at radius 1 is 1.15 bits per heavy atom. The fraction of sp³-hybridized carbons (Fsp3) is 0.750. The highest BCUT2D eigenvalue weighted by Crippen LogP contribution is 2.44. The number of rotatable bonds is 4. The summed E-state index contributed by atoms with van der Waals surface area (Å²) in [6, 6.07) is 0. The number of amides is 2.